The molecule has 0 aliphatic heterocycles. The quantitative estimate of drug-likeness (QED) is 0.518. The third-order valence-electron chi connectivity index (χ3n) is 4.05. The first-order valence-corrected chi connectivity index (χ1v) is 9.24. The summed E-state index contributed by atoms with van der Waals surface area (Å²) in [5.74, 6) is 5.83. The van der Waals surface area contributed by atoms with Gasteiger partial charge in [0.05, 0.1) is 5.25 Å². The van der Waals surface area contributed by atoms with Crippen molar-refractivity contribution in [1.29, 1.82) is 0 Å². The van der Waals surface area contributed by atoms with Gasteiger partial charge in [0.25, 0.3) is 0 Å². The number of thioether (sulfide) groups is 1. The van der Waals surface area contributed by atoms with Crippen molar-refractivity contribution in [3.8, 4) is 11.4 Å². The topological polar surface area (TPSA) is 85.8 Å². The summed E-state index contributed by atoms with van der Waals surface area (Å²) in [6, 6.07) is 11.8. The molecule has 1 heterocycles. The van der Waals surface area contributed by atoms with Crippen LogP contribution in [-0.2, 0) is 4.79 Å². The van der Waals surface area contributed by atoms with E-state index >= 15 is 0 Å². The van der Waals surface area contributed by atoms with Crippen molar-refractivity contribution >= 4 is 23.4 Å². The molecule has 3 rings (SSSR count). The van der Waals surface area contributed by atoms with Crippen molar-refractivity contribution in [3.05, 3.63) is 59.4 Å². The lowest BCUT2D eigenvalue weighted by Gasteiger charge is -2.13. The number of hydrogen-bond donors (Lipinski definition) is 2. The van der Waals surface area contributed by atoms with Crippen molar-refractivity contribution in [2.45, 2.75) is 31.2 Å². The Hall–Kier alpha value is -2.87. The van der Waals surface area contributed by atoms with Crippen molar-refractivity contribution < 1.29 is 9.18 Å². The molecule has 2 aromatic carbocycles. The predicted molar refractivity (Wildman–Crippen MR) is 105 cm³/mol. The summed E-state index contributed by atoms with van der Waals surface area (Å²) >= 11 is 1.19. The van der Waals surface area contributed by atoms with Crippen LogP contribution >= 0.6 is 11.8 Å². The maximum absolute atomic E-state index is 13.4. The Kier molecular flexibility index (Phi) is 5.46. The van der Waals surface area contributed by atoms with E-state index in [1.165, 1.54) is 28.6 Å². The zero-order chi connectivity index (χ0) is 19.6. The van der Waals surface area contributed by atoms with Gasteiger partial charge in [-0.25, -0.2) is 9.07 Å². The van der Waals surface area contributed by atoms with Crippen LogP contribution in [0.4, 0.5) is 10.1 Å². The second-order valence-corrected chi connectivity index (χ2v) is 7.56. The number of nitrogens with zero attached hydrogens (tertiary/aromatic N) is 3. The molecule has 1 amide bonds. The van der Waals surface area contributed by atoms with Gasteiger partial charge in [-0.1, -0.05) is 36.0 Å². The average Bonchev–Trinajstić information content (AvgIpc) is 2.98. The minimum absolute atomic E-state index is 0.163. The van der Waals surface area contributed by atoms with Crippen LogP contribution in [0.15, 0.2) is 47.6 Å². The maximum atomic E-state index is 13.4. The number of nitrogens with two attached hydrogens (primary N) is 1. The molecule has 0 fully saturated rings. The molecule has 8 heteroatoms. The molecular weight excluding hydrogens is 365 g/mol. The highest BCUT2D eigenvalue weighted by molar-refractivity contribution is 8.00. The van der Waals surface area contributed by atoms with Gasteiger partial charge in [-0.05, 0) is 50.1 Å². The zero-order valence-electron chi connectivity index (χ0n) is 15.2. The van der Waals surface area contributed by atoms with E-state index in [0.29, 0.717) is 16.5 Å². The van der Waals surface area contributed by atoms with E-state index in [4.69, 9.17) is 5.84 Å². The van der Waals surface area contributed by atoms with Gasteiger partial charge in [0, 0.05) is 11.3 Å². The van der Waals surface area contributed by atoms with Gasteiger partial charge in [0.15, 0.2) is 5.82 Å². The van der Waals surface area contributed by atoms with Crippen LogP contribution in [0.3, 0.4) is 0 Å². The number of aromatic nitrogens is 3. The number of carbonyl (C=O) groups is 1. The van der Waals surface area contributed by atoms with Crippen LogP contribution in [-0.4, -0.2) is 26.0 Å². The number of nitrogen functional groups attached to an aromatic ring is 1. The zero-order valence-corrected chi connectivity index (χ0v) is 16.0. The highest BCUT2D eigenvalue weighted by Gasteiger charge is 2.20. The summed E-state index contributed by atoms with van der Waals surface area (Å²) in [6.07, 6.45) is 0. The lowest BCUT2D eigenvalue weighted by Crippen LogP contribution is -2.24. The van der Waals surface area contributed by atoms with Crippen LogP contribution in [0.25, 0.3) is 11.4 Å². The van der Waals surface area contributed by atoms with E-state index in [0.717, 1.165) is 16.8 Å². The molecule has 6 nitrogen and oxygen atoms in total. The Bertz CT molecular complexity index is 988. The molecule has 0 bridgehead atoms. The molecule has 140 valence electrons. The van der Waals surface area contributed by atoms with E-state index in [9.17, 15) is 9.18 Å². The Labute approximate surface area is 161 Å². The lowest BCUT2D eigenvalue weighted by atomic mass is 10.1. The number of carbonyl (C=O) groups excluding carboxylic acids is 1. The largest absolute Gasteiger partial charge is 0.335 e. The lowest BCUT2D eigenvalue weighted by molar-refractivity contribution is -0.115. The summed E-state index contributed by atoms with van der Waals surface area (Å²) in [6.45, 7) is 5.68. The first-order chi connectivity index (χ1) is 12.8. The number of amides is 1. The number of aryl methyl sites for hydroxylation is 2. The van der Waals surface area contributed by atoms with Crippen molar-refractivity contribution in [1.82, 2.24) is 14.9 Å². The summed E-state index contributed by atoms with van der Waals surface area (Å²) in [5.41, 5.74) is 3.35. The fraction of sp³-hybridized carbons (Fsp3) is 0.211. The summed E-state index contributed by atoms with van der Waals surface area (Å²) in [5, 5.41) is 10.9. The highest BCUT2D eigenvalue weighted by atomic mass is 32.2. The number of halogens is 1. The molecule has 0 saturated heterocycles. The Balaban J connectivity index is 1.73. The van der Waals surface area contributed by atoms with Crippen LogP contribution < -0.4 is 11.2 Å². The smallest absolute Gasteiger partial charge is 0.237 e. The third kappa shape index (κ3) is 4.28. The van der Waals surface area contributed by atoms with Crippen molar-refractivity contribution in [3.63, 3.8) is 0 Å². The van der Waals surface area contributed by atoms with E-state index in [1.807, 2.05) is 32.0 Å². The van der Waals surface area contributed by atoms with E-state index in [-0.39, 0.29) is 11.7 Å². The number of anilines is 1. The van der Waals surface area contributed by atoms with Crippen molar-refractivity contribution in [2.24, 2.45) is 0 Å². The molecule has 0 unspecified atom stereocenters. The van der Waals surface area contributed by atoms with Gasteiger partial charge in [-0.15, -0.1) is 10.2 Å². The molecule has 0 aliphatic carbocycles. The van der Waals surface area contributed by atoms with Gasteiger partial charge in [0.2, 0.25) is 11.1 Å². The highest BCUT2D eigenvalue weighted by Crippen LogP contribution is 2.26. The second kappa shape index (κ2) is 7.79. The standard InChI is InChI=1S/C19H20FN5OS/c1-11-7-8-12(2)16(9-11)22-18(26)13(3)27-19-24-23-17(25(19)21)14-5-4-6-15(20)10-14/h4-10,13H,21H2,1-3H3,(H,22,26)/t13-/m0/s1. The SMILES string of the molecule is Cc1ccc(C)c(NC(=O)[C@H](C)Sc2nnc(-c3cccc(F)c3)n2N)c1. The van der Waals surface area contributed by atoms with Crippen molar-refractivity contribution in [2.75, 3.05) is 11.2 Å². The van der Waals surface area contributed by atoms with Gasteiger partial charge >= 0.3 is 0 Å². The first-order valence-electron chi connectivity index (χ1n) is 8.36. The number of rotatable bonds is 5. The van der Waals surface area contributed by atoms with E-state index in [2.05, 4.69) is 15.5 Å². The Morgan fingerprint density at radius 3 is 2.74 bits per heavy atom. The summed E-state index contributed by atoms with van der Waals surface area (Å²) in [4.78, 5) is 12.5. The molecule has 1 atom stereocenters. The molecule has 3 aromatic rings. The van der Waals surface area contributed by atoms with Crippen LogP contribution in [0.1, 0.15) is 18.1 Å². The van der Waals surface area contributed by atoms with Crippen LogP contribution in [0, 0.1) is 19.7 Å². The normalized spacial score (nSPS) is 12.0. The van der Waals surface area contributed by atoms with E-state index in [1.54, 1.807) is 19.1 Å². The minimum atomic E-state index is -0.447. The first kappa shape index (κ1) is 18.9. The fourth-order valence-electron chi connectivity index (χ4n) is 2.50. The third-order valence-corrected chi connectivity index (χ3v) is 5.11. The predicted octanol–water partition coefficient (Wildman–Crippen LogP) is 3.53. The molecule has 0 radical (unpaired) electrons. The second-order valence-electron chi connectivity index (χ2n) is 6.25. The Morgan fingerprint density at radius 2 is 2.00 bits per heavy atom. The van der Waals surface area contributed by atoms with Crippen LogP contribution in [0.5, 0.6) is 0 Å². The van der Waals surface area contributed by atoms with Crippen LogP contribution in [0.2, 0.25) is 0 Å². The summed E-state index contributed by atoms with van der Waals surface area (Å²) < 4.78 is 14.7. The molecule has 0 saturated carbocycles. The van der Waals surface area contributed by atoms with Gasteiger partial charge < -0.3 is 11.2 Å². The Morgan fingerprint density at radius 1 is 1.22 bits per heavy atom. The average molecular weight is 385 g/mol. The van der Waals surface area contributed by atoms with Gasteiger partial charge in [-0.3, -0.25) is 4.79 Å². The molecular formula is C19H20FN5OS. The van der Waals surface area contributed by atoms with Gasteiger partial charge in [-0.2, -0.15) is 0 Å². The molecule has 0 spiro atoms. The molecule has 27 heavy (non-hydrogen) atoms. The molecule has 1 aromatic heterocycles. The number of benzene rings is 2. The minimum Gasteiger partial charge on any atom is -0.335 e. The fourth-order valence-corrected chi connectivity index (χ4v) is 3.27. The van der Waals surface area contributed by atoms with Gasteiger partial charge in [0.1, 0.15) is 5.82 Å². The number of hydrogen-bond acceptors (Lipinski definition) is 5. The molecule has 3 N–H and O–H groups in total. The maximum Gasteiger partial charge on any atom is 0.237 e. The number of nitrogens with one attached hydrogen (secondary N) is 1. The molecule has 0 aliphatic rings. The summed E-state index contributed by atoms with van der Waals surface area (Å²) in [7, 11) is 0. The monoisotopic (exact) mass is 385 g/mol. The van der Waals surface area contributed by atoms with E-state index < -0.39 is 5.25 Å².